The standard InChI is InChI=1S/C34H50O7/c1-23(8-13-31-19-32(38-7)18-25(3)41-31)33(39-21-27-9-14-29(36-5)15-10-27)26(4)34(24(2)20-35)40-22-28-11-16-30(37-6)17-12-28/h9-12,14-17,20,23-26,31-34H,8,13,18-19,21-22H2,1-7H3/t23-,24+,25-,26-,31-,32+,33-,34-/m0/s1. The van der Waals surface area contributed by atoms with Gasteiger partial charge in [0.05, 0.1) is 58.0 Å². The molecule has 0 unspecified atom stereocenters. The molecule has 1 heterocycles. The molecule has 2 aromatic carbocycles. The fraction of sp³-hybridized carbons (Fsp3) is 0.618. The lowest BCUT2D eigenvalue weighted by molar-refractivity contribution is -0.129. The van der Waals surface area contributed by atoms with Crippen molar-refractivity contribution in [2.24, 2.45) is 17.8 Å². The number of hydrogen-bond donors (Lipinski definition) is 0. The van der Waals surface area contributed by atoms with Gasteiger partial charge in [0, 0.05) is 18.9 Å². The SMILES string of the molecule is COc1ccc(CO[C@H]([C@@H](C)[C@@H](OCc2ccc(OC)cc2)[C@@H](C)CC[C@H]2C[C@H](OC)C[C@H](C)O2)[C@H](C)C=O)cc1. The lowest BCUT2D eigenvalue weighted by Gasteiger charge is -2.37. The van der Waals surface area contributed by atoms with Gasteiger partial charge in [-0.2, -0.15) is 0 Å². The molecule has 0 bridgehead atoms. The zero-order valence-electron chi connectivity index (χ0n) is 25.9. The van der Waals surface area contributed by atoms with Crippen LogP contribution in [0.3, 0.4) is 0 Å². The van der Waals surface area contributed by atoms with E-state index in [1.165, 1.54) is 0 Å². The first-order valence-electron chi connectivity index (χ1n) is 14.9. The summed E-state index contributed by atoms with van der Waals surface area (Å²) in [5, 5.41) is 0. The van der Waals surface area contributed by atoms with Crippen LogP contribution in [-0.4, -0.2) is 58.1 Å². The van der Waals surface area contributed by atoms with Crippen molar-refractivity contribution in [3.05, 3.63) is 59.7 Å². The van der Waals surface area contributed by atoms with Crippen LogP contribution in [0, 0.1) is 17.8 Å². The Morgan fingerprint density at radius 3 is 1.85 bits per heavy atom. The van der Waals surface area contributed by atoms with Crippen LogP contribution in [0.2, 0.25) is 0 Å². The molecule has 0 spiro atoms. The van der Waals surface area contributed by atoms with Gasteiger partial charge in [-0.3, -0.25) is 0 Å². The fourth-order valence-corrected chi connectivity index (χ4v) is 5.90. The molecule has 0 saturated carbocycles. The number of hydrogen-bond acceptors (Lipinski definition) is 7. The molecule has 7 heteroatoms. The first kappa shape index (κ1) is 33.1. The molecule has 0 N–H and O–H groups in total. The van der Waals surface area contributed by atoms with Gasteiger partial charge in [-0.25, -0.2) is 0 Å². The molecule has 1 aliphatic rings. The van der Waals surface area contributed by atoms with Crippen molar-refractivity contribution in [3.63, 3.8) is 0 Å². The largest absolute Gasteiger partial charge is 0.497 e. The predicted molar refractivity (Wildman–Crippen MR) is 160 cm³/mol. The summed E-state index contributed by atoms with van der Waals surface area (Å²) >= 11 is 0. The highest BCUT2D eigenvalue weighted by atomic mass is 16.5. The van der Waals surface area contributed by atoms with Crippen molar-refractivity contribution in [2.75, 3.05) is 21.3 Å². The van der Waals surface area contributed by atoms with Crippen molar-refractivity contribution >= 4 is 6.29 Å². The van der Waals surface area contributed by atoms with E-state index >= 15 is 0 Å². The fourth-order valence-electron chi connectivity index (χ4n) is 5.90. The molecular formula is C34H50O7. The van der Waals surface area contributed by atoms with E-state index in [1.807, 2.05) is 55.5 Å². The Kier molecular flexibility index (Phi) is 13.6. The maximum Gasteiger partial charge on any atom is 0.125 e. The lowest BCUT2D eigenvalue weighted by Crippen LogP contribution is -2.42. The van der Waals surface area contributed by atoms with Crippen LogP contribution in [0.1, 0.15) is 64.5 Å². The number of carbonyl (C=O) groups is 1. The summed E-state index contributed by atoms with van der Waals surface area (Å²) in [5.74, 6) is 1.52. The molecule has 41 heavy (non-hydrogen) atoms. The molecular weight excluding hydrogens is 520 g/mol. The summed E-state index contributed by atoms with van der Waals surface area (Å²) in [5.41, 5.74) is 2.10. The van der Waals surface area contributed by atoms with Gasteiger partial charge in [0.2, 0.25) is 0 Å². The number of benzene rings is 2. The first-order chi connectivity index (χ1) is 19.8. The van der Waals surface area contributed by atoms with Gasteiger partial charge in [0.25, 0.3) is 0 Å². The minimum Gasteiger partial charge on any atom is -0.497 e. The van der Waals surface area contributed by atoms with Crippen LogP contribution in [0.15, 0.2) is 48.5 Å². The van der Waals surface area contributed by atoms with E-state index in [-0.39, 0.29) is 48.3 Å². The molecule has 1 saturated heterocycles. The average molecular weight is 571 g/mol. The third-order valence-electron chi connectivity index (χ3n) is 8.36. The Morgan fingerprint density at radius 1 is 0.829 bits per heavy atom. The number of aldehydes is 1. The predicted octanol–water partition coefficient (Wildman–Crippen LogP) is 6.64. The first-order valence-corrected chi connectivity index (χ1v) is 14.9. The van der Waals surface area contributed by atoms with Gasteiger partial charge >= 0.3 is 0 Å². The van der Waals surface area contributed by atoms with Crippen LogP contribution in [0.25, 0.3) is 0 Å². The van der Waals surface area contributed by atoms with E-state index in [0.29, 0.717) is 13.2 Å². The van der Waals surface area contributed by atoms with Gasteiger partial charge in [-0.1, -0.05) is 45.0 Å². The Morgan fingerprint density at radius 2 is 1.37 bits per heavy atom. The zero-order valence-corrected chi connectivity index (χ0v) is 25.9. The number of rotatable bonds is 17. The van der Waals surface area contributed by atoms with E-state index in [9.17, 15) is 4.79 Å². The molecule has 0 aromatic heterocycles. The van der Waals surface area contributed by atoms with Crippen molar-refractivity contribution < 1.29 is 33.2 Å². The third kappa shape index (κ3) is 10.1. The molecule has 0 amide bonds. The highest BCUT2D eigenvalue weighted by Gasteiger charge is 2.35. The minimum atomic E-state index is -0.304. The highest BCUT2D eigenvalue weighted by molar-refractivity contribution is 5.53. The second-order valence-corrected chi connectivity index (χ2v) is 11.6. The van der Waals surface area contributed by atoms with E-state index in [2.05, 4.69) is 20.8 Å². The normalized spacial score (nSPS) is 22.8. The van der Waals surface area contributed by atoms with Gasteiger partial charge in [-0.05, 0) is 73.9 Å². The monoisotopic (exact) mass is 570 g/mol. The Labute approximate surface area is 246 Å². The molecule has 1 aliphatic heterocycles. The summed E-state index contributed by atoms with van der Waals surface area (Å²) in [6.45, 7) is 9.30. The summed E-state index contributed by atoms with van der Waals surface area (Å²) < 4.78 is 35.6. The molecule has 1 fully saturated rings. The molecule has 7 nitrogen and oxygen atoms in total. The Bertz CT molecular complexity index is 1010. The van der Waals surface area contributed by atoms with Crippen LogP contribution in [0.5, 0.6) is 11.5 Å². The van der Waals surface area contributed by atoms with E-state index < -0.39 is 0 Å². The second-order valence-electron chi connectivity index (χ2n) is 11.6. The average Bonchev–Trinajstić information content (AvgIpc) is 3.00. The third-order valence-corrected chi connectivity index (χ3v) is 8.36. The lowest BCUT2D eigenvalue weighted by atomic mass is 9.82. The van der Waals surface area contributed by atoms with Gasteiger partial charge in [0.1, 0.15) is 17.8 Å². The smallest absolute Gasteiger partial charge is 0.125 e. The number of ether oxygens (including phenoxy) is 6. The number of methoxy groups -OCH3 is 3. The summed E-state index contributed by atoms with van der Waals surface area (Å²) in [6.07, 6.45) is 4.88. The summed E-state index contributed by atoms with van der Waals surface area (Å²) in [6, 6.07) is 15.8. The quantitative estimate of drug-likeness (QED) is 0.197. The van der Waals surface area contributed by atoms with E-state index in [0.717, 1.165) is 54.6 Å². The van der Waals surface area contributed by atoms with E-state index in [1.54, 1.807) is 21.3 Å². The van der Waals surface area contributed by atoms with Crippen molar-refractivity contribution in [2.45, 2.75) is 97.1 Å². The van der Waals surface area contributed by atoms with E-state index in [4.69, 9.17) is 28.4 Å². The van der Waals surface area contributed by atoms with Gasteiger partial charge in [0.15, 0.2) is 0 Å². The van der Waals surface area contributed by atoms with Crippen molar-refractivity contribution in [1.29, 1.82) is 0 Å². The number of carbonyl (C=O) groups excluding carboxylic acids is 1. The Hall–Kier alpha value is -2.45. The van der Waals surface area contributed by atoms with Gasteiger partial charge in [-0.15, -0.1) is 0 Å². The molecule has 0 radical (unpaired) electrons. The Balaban J connectivity index is 1.74. The molecule has 3 rings (SSSR count). The maximum absolute atomic E-state index is 12.0. The molecule has 2 aromatic rings. The van der Waals surface area contributed by atoms with Crippen molar-refractivity contribution in [1.82, 2.24) is 0 Å². The van der Waals surface area contributed by atoms with Crippen LogP contribution in [0.4, 0.5) is 0 Å². The topological polar surface area (TPSA) is 72.5 Å². The highest BCUT2D eigenvalue weighted by Crippen LogP contribution is 2.32. The molecule has 228 valence electrons. The van der Waals surface area contributed by atoms with Crippen LogP contribution >= 0.6 is 0 Å². The maximum atomic E-state index is 12.0. The molecule has 8 atom stereocenters. The van der Waals surface area contributed by atoms with Crippen LogP contribution in [-0.2, 0) is 37.0 Å². The van der Waals surface area contributed by atoms with Crippen molar-refractivity contribution in [3.8, 4) is 11.5 Å². The zero-order chi connectivity index (χ0) is 29.8. The van der Waals surface area contributed by atoms with Crippen LogP contribution < -0.4 is 9.47 Å². The van der Waals surface area contributed by atoms with Gasteiger partial charge < -0.3 is 33.2 Å². The summed E-state index contributed by atoms with van der Waals surface area (Å²) in [7, 11) is 5.10. The summed E-state index contributed by atoms with van der Waals surface area (Å²) in [4.78, 5) is 12.0. The molecule has 0 aliphatic carbocycles. The minimum absolute atomic E-state index is 0.0281. The second kappa shape index (κ2) is 16.9.